The summed E-state index contributed by atoms with van der Waals surface area (Å²) < 4.78 is 10.5. The number of carboxylic acids is 1. The third kappa shape index (κ3) is 5.33. The van der Waals surface area contributed by atoms with Crippen molar-refractivity contribution in [3.05, 3.63) is 53.1 Å². The summed E-state index contributed by atoms with van der Waals surface area (Å²) >= 11 is 0. The molecule has 0 bridgehead atoms. The van der Waals surface area contributed by atoms with Crippen LogP contribution in [0.25, 0.3) is 11.1 Å². The maximum absolute atomic E-state index is 12.3. The SMILES string of the molecule is CCN(Cc1cc(C)ccc1-c1cc(CC(=O)O)ccc1OC)C(=O)COC. The van der Waals surface area contributed by atoms with Gasteiger partial charge in [-0.05, 0) is 42.7 Å². The van der Waals surface area contributed by atoms with E-state index >= 15 is 0 Å². The second-order valence-electron chi connectivity index (χ2n) is 6.61. The first-order chi connectivity index (χ1) is 13.4. The zero-order valence-electron chi connectivity index (χ0n) is 16.8. The number of aliphatic carboxylic acids is 1. The average molecular weight is 385 g/mol. The molecule has 2 aromatic rings. The van der Waals surface area contributed by atoms with Gasteiger partial charge in [0.1, 0.15) is 12.4 Å². The van der Waals surface area contributed by atoms with Crippen LogP contribution in [0.15, 0.2) is 36.4 Å². The number of ether oxygens (including phenoxy) is 2. The normalized spacial score (nSPS) is 10.6. The molecule has 0 saturated heterocycles. The molecular weight excluding hydrogens is 358 g/mol. The third-order valence-corrected chi connectivity index (χ3v) is 4.53. The van der Waals surface area contributed by atoms with Crippen molar-refractivity contribution >= 4 is 11.9 Å². The molecule has 0 aliphatic heterocycles. The molecule has 150 valence electrons. The summed E-state index contributed by atoms with van der Waals surface area (Å²) in [6.45, 7) is 4.95. The Labute approximate surface area is 165 Å². The molecular formula is C22H27NO5. The van der Waals surface area contributed by atoms with E-state index in [1.165, 1.54) is 7.11 Å². The van der Waals surface area contributed by atoms with E-state index < -0.39 is 5.97 Å². The van der Waals surface area contributed by atoms with E-state index in [0.717, 1.165) is 22.3 Å². The number of likely N-dealkylation sites (N-methyl/N-ethyl adjacent to an activating group) is 1. The molecule has 28 heavy (non-hydrogen) atoms. The van der Waals surface area contributed by atoms with Crippen LogP contribution in [-0.2, 0) is 27.3 Å². The van der Waals surface area contributed by atoms with Crippen molar-refractivity contribution in [1.29, 1.82) is 0 Å². The van der Waals surface area contributed by atoms with E-state index in [2.05, 4.69) is 0 Å². The Morgan fingerprint density at radius 1 is 1.07 bits per heavy atom. The number of benzene rings is 2. The Balaban J connectivity index is 2.51. The van der Waals surface area contributed by atoms with Crippen molar-refractivity contribution in [2.75, 3.05) is 27.4 Å². The standard InChI is InChI=1S/C22H27NO5/c1-5-23(21(24)14-27-3)13-17-10-15(2)6-8-18(17)19-11-16(12-22(25)26)7-9-20(19)28-4/h6-11H,5,12-14H2,1-4H3,(H,25,26). The van der Waals surface area contributed by atoms with Gasteiger partial charge in [-0.3, -0.25) is 9.59 Å². The number of methoxy groups -OCH3 is 2. The molecule has 0 fully saturated rings. The van der Waals surface area contributed by atoms with Crippen LogP contribution in [0.3, 0.4) is 0 Å². The van der Waals surface area contributed by atoms with Gasteiger partial charge >= 0.3 is 5.97 Å². The highest BCUT2D eigenvalue weighted by Gasteiger charge is 2.17. The molecule has 1 N–H and O–H groups in total. The summed E-state index contributed by atoms with van der Waals surface area (Å²) in [5, 5.41) is 9.12. The number of carbonyl (C=O) groups is 2. The second-order valence-corrected chi connectivity index (χ2v) is 6.61. The molecule has 0 radical (unpaired) electrons. The number of carboxylic acid groups (broad SMARTS) is 1. The van der Waals surface area contributed by atoms with Crippen LogP contribution in [0.5, 0.6) is 5.75 Å². The summed E-state index contributed by atoms with van der Waals surface area (Å²) in [5.74, 6) is -0.308. The second kappa shape index (κ2) is 9.90. The molecule has 2 aromatic carbocycles. The quantitative estimate of drug-likeness (QED) is 0.717. The fraction of sp³-hybridized carbons (Fsp3) is 0.364. The van der Waals surface area contributed by atoms with Gasteiger partial charge in [0.15, 0.2) is 0 Å². The molecule has 0 aliphatic rings. The van der Waals surface area contributed by atoms with E-state index in [1.807, 2.05) is 38.1 Å². The summed E-state index contributed by atoms with van der Waals surface area (Å²) in [4.78, 5) is 25.2. The fourth-order valence-corrected chi connectivity index (χ4v) is 3.16. The maximum atomic E-state index is 12.3. The van der Waals surface area contributed by atoms with Gasteiger partial charge in [-0.15, -0.1) is 0 Å². The third-order valence-electron chi connectivity index (χ3n) is 4.53. The van der Waals surface area contributed by atoms with Crippen molar-refractivity contribution in [3.8, 4) is 16.9 Å². The number of aryl methyl sites for hydroxylation is 1. The topological polar surface area (TPSA) is 76.1 Å². The highest BCUT2D eigenvalue weighted by atomic mass is 16.5. The van der Waals surface area contributed by atoms with E-state index in [1.54, 1.807) is 24.1 Å². The number of amides is 1. The Kier molecular flexibility index (Phi) is 7.58. The number of hydrogen-bond acceptors (Lipinski definition) is 4. The first kappa shape index (κ1) is 21.4. The summed E-state index contributed by atoms with van der Waals surface area (Å²) in [5.41, 5.74) is 4.47. The number of nitrogens with zero attached hydrogens (tertiary/aromatic N) is 1. The van der Waals surface area contributed by atoms with E-state index in [-0.39, 0.29) is 18.9 Å². The predicted octanol–water partition coefficient (Wildman–Crippen LogP) is 3.29. The lowest BCUT2D eigenvalue weighted by Crippen LogP contribution is -2.33. The number of rotatable bonds is 9. The zero-order chi connectivity index (χ0) is 20.7. The Morgan fingerprint density at radius 3 is 2.43 bits per heavy atom. The molecule has 0 aliphatic carbocycles. The van der Waals surface area contributed by atoms with Gasteiger partial charge in [-0.25, -0.2) is 0 Å². The van der Waals surface area contributed by atoms with Gasteiger partial charge in [0.2, 0.25) is 5.91 Å². The number of hydrogen-bond donors (Lipinski definition) is 1. The molecule has 0 spiro atoms. The minimum Gasteiger partial charge on any atom is -0.496 e. The van der Waals surface area contributed by atoms with Crippen LogP contribution < -0.4 is 4.74 Å². The van der Waals surface area contributed by atoms with Crippen LogP contribution in [0, 0.1) is 6.92 Å². The monoisotopic (exact) mass is 385 g/mol. The molecule has 0 atom stereocenters. The first-order valence-corrected chi connectivity index (χ1v) is 9.14. The first-order valence-electron chi connectivity index (χ1n) is 9.14. The molecule has 6 nitrogen and oxygen atoms in total. The van der Waals surface area contributed by atoms with Crippen molar-refractivity contribution in [1.82, 2.24) is 4.90 Å². The molecule has 0 saturated carbocycles. The van der Waals surface area contributed by atoms with Crippen molar-refractivity contribution in [3.63, 3.8) is 0 Å². The lowest BCUT2D eigenvalue weighted by molar-refractivity contribution is -0.136. The van der Waals surface area contributed by atoms with Crippen molar-refractivity contribution < 1.29 is 24.2 Å². The minimum absolute atomic E-state index is 0.0341. The summed E-state index contributed by atoms with van der Waals surface area (Å²) in [7, 11) is 3.09. The fourth-order valence-electron chi connectivity index (χ4n) is 3.16. The van der Waals surface area contributed by atoms with Crippen molar-refractivity contribution in [2.45, 2.75) is 26.8 Å². The highest BCUT2D eigenvalue weighted by Crippen LogP contribution is 2.34. The molecule has 0 aromatic heterocycles. The smallest absolute Gasteiger partial charge is 0.307 e. The molecule has 0 heterocycles. The summed E-state index contributed by atoms with van der Waals surface area (Å²) in [6, 6.07) is 11.4. The van der Waals surface area contributed by atoms with Crippen LogP contribution in [0.4, 0.5) is 0 Å². The van der Waals surface area contributed by atoms with Gasteiger partial charge in [-0.2, -0.15) is 0 Å². The van der Waals surface area contributed by atoms with E-state index in [9.17, 15) is 9.59 Å². The van der Waals surface area contributed by atoms with Gasteiger partial charge in [-0.1, -0.05) is 29.8 Å². The van der Waals surface area contributed by atoms with Crippen molar-refractivity contribution in [2.24, 2.45) is 0 Å². The van der Waals surface area contributed by atoms with Crippen LogP contribution in [0.1, 0.15) is 23.6 Å². The minimum atomic E-state index is -0.887. The lowest BCUT2D eigenvalue weighted by Gasteiger charge is -2.23. The van der Waals surface area contributed by atoms with Crippen LogP contribution in [0.2, 0.25) is 0 Å². The summed E-state index contributed by atoms with van der Waals surface area (Å²) in [6.07, 6.45) is -0.0639. The molecule has 0 unspecified atom stereocenters. The predicted molar refractivity (Wildman–Crippen MR) is 107 cm³/mol. The van der Waals surface area contributed by atoms with E-state index in [0.29, 0.717) is 24.4 Å². The van der Waals surface area contributed by atoms with Crippen LogP contribution in [-0.4, -0.2) is 49.3 Å². The Hall–Kier alpha value is -2.86. The average Bonchev–Trinajstić information content (AvgIpc) is 2.66. The van der Waals surface area contributed by atoms with Gasteiger partial charge in [0.25, 0.3) is 0 Å². The Morgan fingerprint density at radius 2 is 1.82 bits per heavy atom. The van der Waals surface area contributed by atoms with Crippen LogP contribution >= 0.6 is 0 Å². The molecule has 1 amide bonds. The molecule has 6 heteroatoms. The van der Waals surface area contributed by atoms with Gasteiger partial charge in [0.05, 0.1) is 13.5 Å². The van der Waals surface area contributed by atoms with Gasteiger partial charge in [0, 0.05) is 25.8 Å². The Bertz CT molecular complexity index is 847. The zero-order valence-corrected chi connectivity index (χ0v) is 16.8. The maximum Gasteiger partial charge on any atom is 0.307 e. The highest BCUT2D eigenvalue weighted by molar-refractivity contribution is 5.79. The lowest BCUT2D eigenvalue weighted by atomic mass is 9.94. The molecule has 2 rings (SSSR count). The number of carbonyl (C=O) groups excluding carboxylic acids is 1. The van der Waals surface area contributed by atoms with Gasteiger partial charge < -0.3 is 19.5 Å². The largest absolute Gasteiger partial charge is 0.496 e. The van der Waals surface area contributed by atoms with E-state index in [4.69, 9.17) is 14.6 Å².